The van der Waals surface area contributed by atoms with Gasteiger partial charge in [0.1, 0.15) is 12.4 Å². The third kappa shape index (κ3) is 5.20. The number of para-hydroxylation sites is 1. The van der Waals surface area contributed by atoms with E-state index in [1.54, 1.807) is 35.6 Å². The second kappa shape index (κ2) is 9.31. The largest absolute Gasteiger partial charge is 0.487 e. The van der Waals surface area contributed by atoms with Crippen molar-refractivity contribution >= 4 is 29.2 Å². The van der Waals surface area contributed by atoms with E-state index < -0.39 is 11.8 Å². The average molecular weight is 437 g/mol. The molecule has 0 atom stereocenters. The number of rotatable bonds is 6. The summed E-state index contributed by atoms with van der Waals surface area (Å²) in [6.45, 7) is 2.40. The smallest absolute Gasteiger partial charge is 0.269 e. The van der Waals surface area contributed by atoms with Gasteiger partial charge in [0.2, 0.25) is 6.79 Å². The van der Waals surface area contributed by atoms with Crippen molar-refractivity contribution in [3.8, 4) is 17.2 Å². The van der Waals surface area contributed by atoms with E-state index in [0.717, 1.165) is 16.3 Å². The Morgan fingerprint density at radius 3 is 2.84 bits per heavy atom. The Hall–Kier alpha value is -3.85. The van der Waals surface area contributed by atoms with Crippen LogP contribution in [0.5, 0.6) is 17.2 Å². The number of carbonyl (C=O) groups is 2. The van der Waals surface area contributed by atoms with E-state index in [1.165, 1.54) is 6.08 Å². The van der Waals surface area contributed by atoms with Gasteiger partial charge in [-0.05, 0) is 37.3 Å². The lowest BCUT2D eigenvalue weighted by molar-refractivity contribution is -0.117. The summed E-state index contributed by atoms with van der Waals surface area (Å²) < 4.78 is 16.3. The molecule has 2 heterocycles. The number of hydrazine groups is 1. The van der Waals surface area contributed by atoms with Crippen molar-refractivity contribution in [2.24, 2.45) is 0 Å². The van der Waals surface area contributed by atoms with Gasteiger partial charge in [0.05, 0.1) is 10.7 Å². The number of aromatic nitrogens is 1. The van der Waals surface area contributed by atoms with Crippen molar-refractivity contribution in [2.45, 2.75) is 13.5 Å². The topological polar surface area (TPSA) is 98.8 Å². The highest BCUT2D eigenvalue weighted by molar-refractivity contribution is 7.09. The zero-order valence-electron chi connectivity index (χ0n) is 16.6. The first kappa shape index (κ1) is 20.4. The second-order valence-corrected chi connectivity index (χ2v) is 7.59. The van der Waals surface area contributed by atoms with Gasteiger partial charge in [-0.2, -0.15) is 0 Å². The third-order valence-corrected chi connectivity index (χ3v) is 5.13. The van der Waals surface area contributed by atoms with Crippen LogP contribution in [0, 0.1) is 6.92 Å². The number of nitrogens with one attached hydrogen (secondary N) is 2. The lowest BCUT2D eigenvalue weighted by Crippen LogP contribution is -2.40. The zero-order valence-corrected chi connectivity index (χ0v) is 17.4. The number of amides is 2. The van der Waals surface area contributed by atoms with Crippen LogP contribution in [0.4, 0.5) is 0 Å². The highest BCUT2D eigenvalue weighted by Gasteiger charge is 2.16. The van der Waals surface area contributed by atoms with Crippen molar-refractivity contribution in [1.29, 1.82) is 0 Å². The number of hydrogen-bond acceptors (Lipinski definition) is 7. The fraction of sp³-hybridized carbons (Fsp3) is 0.136. The standard InChI is InChI=1S/C22H19N3O5S/c1-14-23-17(12-31-14)11-28-18-5-3-2-4-15(18)7-9-21(26)24-25-22(27)16-6-8-19-20(10-16)30-13-29-19/h2-10,12H,11,13H2,1H3,(H,24,26)(H,25,27)/b9-7+. The minimum Gasteiger partial charge on any atom is -0.487 e. The molecular weight excluding hydrogens is 418 g/mol. The Bertz CT molecular complexity index is 1140. The van der Waals surface area contributed by atoms with Gasteiger partial charge in [-0.25, -0.2) is 4.98 Å². The fourth-order valence-corrected chi connectivity index (χ4v) is 3.41. The maximum absolute atomic E-state index is 12.2. The molecule has 4 rings (SSSR count). The van der Waals surface area contributed by atoms with Crippen LogP contribution >= 0.6 is 11.3 Å². The van der Waals surface area contributed by atoms with Crippen molar-refractivity contribution in [3.05, 3.63) is 75.7 Å². The van der Waals surface area contributed by atoms with Crippen molar-refractivity contribution < 1.29 is 23.8 Å². The highest BCUT2D eigenvalue weighted by atomic mass is 32.1. The Kier molecular flexibility index (Phi) is 6.13. The summed E-state index contributed by atoms with van der Waals surface area (Å²) in [6, 6.07) is 12.1. The summed E-state index contributed by atoms with van der Waals surface area (Å²) in [4.78, 5) is 28.7. The summed E-state index contributed by atoms with van der Waals surface area (Å²) >= 11 is 1.56. The Morgan fingerprint density at radius 2 is 2.00 bits per heavy atom. The molecule has 1 aliphatic heterocycles. The first-order valence-corrected chi connectivity index (χ1v) is 10.3. The van der Waals surface area contributed by atoms with Gasteiger partial charge in [0, 0.05) is 22.6 Å². The predicted molar refractivity (Wildman–Crippen MR) is 115 cm³/mol. The number of hydrogen-bond donors (Lipinski definition) is 2. The molecule has 9 heteroatoms. The molecule has 1 aromatic heterocycles. The number of thiazole rings is 1. The fourth-order valence-electron chi connectivity index (χ4n) is 2.81. The van der Waals surface area contributed by atoms with Crippen molar-refractivity contribution in [2.75, 3.05) is 6.79 Å². The molecule has 0 saturated heterocycles. The molecule has 1 aliphatic rings. The average Bonchev–Trinajstić information content (AvgIpc) is 3.43. The summed E-state index contributed by atoms with van der Waals surface area (Å²) in [7, 11) is 0. The minimum absolute atomic E-state index is 0.122. The number of nitrogens with zero attached hydrogens (tertiary/aromatic N) is 1. The number of fused-ring (bicyclic) bond motifs is 1. The monoisotopic (exact) mass is 437 g/mol. The molecule has 2 N–H and O–H groups in total. The van der Waals surface area contributed by atoms with Crippen LogP contribution in [0.2, 0.25) is 0 Å². The SMILES string of the molecule is Cc1nc(COc2ccccc2/C=C/C(=O)NNC(=O)c2ccc3c(c2)OCO3)cs1. The molecule has 2 aromatic carbocycles. The lowest BCUT2D eigenvalue weighted by atomic mass is 10.2. The van der Waals surface area contributed by atoms with Crippen molar-refractivity contribution in [1.82, 2.24) is 15.8 Å². The van der Waals surface area contributed by atoms with E-state index in [9.17, 15) is 9.59 Å². The van der Waals surface area contributed by atoms with Gasteiger partial charge in [0.25, 0.3) is 11.8 Å². The van der Waals surface area contributed by atoms with E-state index in [2.05, 4.69) is 15.8 Å². The molecule has 0 unspecified atom stereocenters. The first-order valence-electron chi connectivity index (χ1n) is 9.39. The normalized spacial score (nSPS) is 12.0. The molecule has 31 heavy (non-hydrogen) atoms. The number of ether oxygens (including phenoxy) is 3. The van der Waals surface area contributed by atoms with Gasteiger partial charge in [-0.15, -0.1) is 11.3 Å². The summed E-state index contributed by atoms with van der Waals surface area (Å²) in [5.41, 5.74) is 6.64. The van der Waals surface area contributed by atoms with Gasteiger partial charge in [-0.1, -0.05) is 18.2 Å². The molecular formula is C22H19N3O5S. The third-order valence-electron chi connectivity index (χ3n) is 4.31. The molecule has 0 radical (unpaired) electrons. The zero-order chi connectivity index (χ0) is 21.6. The van der Waals surface area contributed by atoms with E-state index >= 15 is 0 Å². The number of aryl methyl sites for hydroxylation is 1. The Morgan fingerprint density at radius 1 is 1.16 bits per heavy atom. The van der Waals surface area contributed by atoms with E-state index in [4.69, 9.17) is 14.2 Å². The quantitative estimate of drug-likeness (QED) is 0.454. The van der Waals surface area contributed by atoms with Crippen LogP contribution in [-0.4, -0.2) is 23.6 Å². The molecule has 0 saturated carbocycles. The van der Waals surface area contributed by atoms with E-state index in [0.29, 0.717) is 29.4 Å². The molecule has 0 bridgehead atoms. The minimum atomic E-state index is -0.487. The molecule has 158 valence electrons. The van der Waals surface area contributed by atoms with Crippen LogP contribution in [0.1, 0.15) is 26.6 Å². The maximum atomic E-state index is 12.2. The first-order chi connectivity index (χ1) is 15.1. The summed E-state index contributed by atoms with van der Waals surface area (Å²) in [5.74, 6) is 0.737. The number of carbonyl (C=O) groups excluding carboxylic acids is 2. The lowest BCUT2D eigenvalue weighted by Gasteiger charge is -2.08. The maximum Gasteiger partial charge on any atom is 0.269 e. The van der Waals surface area contributed by atoms with Gasteiger partial charge < -0.3 is 14.2 Å². The van der Waals surface area contributed by atoms with Gasteiger partial charge in [0.15, 0.2) is 11.5 Å². The Balaban J connectivity index is 1.32. The molecule has 0 fully saturated rings. The van der Waals surface area contributed by atoms with Crippen LogP contribution in [-0.2, 0) is 11.4 Å². The molecule has 3 aromatic rings. The molecule has 8 nitrogen and oxygen atoms in total. The molecule has 0 spiro atoms. The van der Waals surface area contributed by atoms with Gasteiger partial charge in [-0.3, -0.25) is 20.4 Å². The van der Waals surface area contributed by atoms with Crippen LogP contribution in [0.3, 0.4) is 0 Å². The molecule has 2 amide bonds. The summed E-state index contributed by atoms with van der Waals surface area (Å²) in [6.07, 6.45) is 2.93. The van der Waals surface area contributed by atoms with Gasteiger partial charge >= 0.3 is 0 Å². The van der Waals surface area contributed by atoms with E-state index in [-0.39, 0.29) is 6.79 Å². The van der Waals surface area contributed by atoms with Crippen LogP contribution < -0.4 is 25.1 Å². The second-order valence-electron chi connectivity index (χ2n) is 6.53. The van der Waals surface area contributed by atoms with Crippen molar-refractivity contribution in [3.63, 3.8) is 0 Å². The Labute approximate surface area is 182 Å². The number of benzene rings is 2. The van der Waals surface area contributed by atoms with Crippen LogP contribution in [0.25, 0.3) is 6.08 Å². The molecule has 0 aliphatic carbocycles. The summed E-state index contributed by atoms with van der Waals surface area (Å²) in [5, 5.41) is 2.93. The van der Waals surface area contributed by atoms with Crippen LogP contribution in [0.15, 0.2) is 53.9 Å². The predicted octanol–water partition coefficient (Wildman–Crippen LogP) is 3.23. The highest BCUT2D eigenvalue weighted by Crippen LogP contribution is 2.32. The van der Waals surface area contributed by atoms with E-state index in [1.807, 2.05) is 36.6 Å².